The van der Waals surface area contributed by atoms with Gasteiger partial charge in [-0.1, -0.05) is 0 Å². The molecule has 122 valence electrons. The predicted octanol–water partition coefficient (Wildman–Crippen LogP) is 1.47. The van der Waals surface area contributed by atoms with Gasteiger partial charge in [0.2, 0.25) is 10.0 Å². The Bertz CT molecular complexity index is 760. The third-order valence-electron chi connectivity index (χ3n) is 3.80. The van der Waals surface area contributed by atoms with E-state index < -0.39 is 10.0 Å². The molecule has 0 fully saturated rings. The van der Waals surface area contributed by atoms with Gasteiger partial charge in [0.05, 0.1) is 23.6 Å². The van der Waals surface area contributed by atoms with Crippen molar-refractivity contribution < 1.29 is 8.42 Å². The molecule has 0 aliphatic heterocycles. The summed E-state index contributed by atoms with van der Waals surface area (Å²) in [6.07, 6.45) is 2.04. The standard InChI is InChI=1S/C14H23N5O2S/c1-10-8-12(3)19(17-10)11(2)6-7-16-22(20,21)14-9-15-18(5)13(14)4/h8-9,11,16H,6-7H2,1-5H3. The monoisotopic (exact) mass is 325 g/mol. The second-order valence-electron chi connectivity index (χ2n) is 5.62. The Morgan fingerprint density at radius 1 is 1.32 bits per heavy atom. The first-order valence-electron chi connectivity index (χ1n) is 7.23. The number of hydrogen-bond acceptors (Lipinski definition) is 4. The van der Waals surface area contributed by atoms with Crippen LogP contribution in [0.1, 0.15) is 36.5 Å². The maximum atomic E-state index is 12.3. The molecule has 1 N–H and O–H groups in total. The first-order chi connectivity index (χ1) is 10.2. The van der Waals surface area contributed by atoms with Crippen LogP contribution in [0.2, 0.25) is 0 Å². The van der Waals surface area contributed by atoms with Gasteiger partial charge in [-0.3, -0.25) is 9.36 Å². The highest BCUT2D eigenvalue weighted by Crippen LogP contribution is 2.15. The summed E-state index contributed by atoms with van der Waals surface area (Å²) in [5, 5.41) is 8.40. The second-order valence-corrected chi connectivity index (χ2v) is 7.36. The van der Waals surface area contributed by atoms with Crippen molar-refractivity contribution in [3.8, 4) is 0 Å². The van der Waals surface area contributed by atoms with E-state index in [1.54, 1.807) is 18.7 Å². The molecule has 22 heavy (non-hydrogen) atoms. The summed E-state index contributed by atoms with van der Waals surface area (Å²) in [4.78, 5) is 0.230. The lowest BCUT2D eigenvalue weighted by atomic mass is 10.2. The topological polar surface area (TPSA) is 81.8 Å². The number of nitrogens with zero attached hydrogens (tertiary/aromatic N) is 4. The lowest BCUT2D eigenvalue weighted by Gasteiger charge is -2.14. The van der Waals surface area contributed by atoms with Gasteiger partial charge in [0.25, 0.3) is 0 Å². The third-order valence-corrected chi connectivity index (χ3v) is 5.36. The average Bonchev–Trinajstić information content (AvgIpc) is 2.93. The molecule has 0 amide bonds. The number of aromatic nitrogens is 4. The van der Waals surface area contributed by atoms with E-state index >= 15 is 0 Å². The van der Waals surface area contributed by atoms with Gasteiger partial charge in [0.1, 0.15) is 4.90 Å². The molecule has 2 rings (SSSR count). The SMILES string of the molecule is Cc1cc(C)n(C(C)CCNS(=O)(=O)c2cnn(C)c2C)n1. The normalized spacial score (nSPS) is 13.5. The number of nitrogens with one attached hydrogen (secondary N) is 1. The molecule has 0 saturated heterocycles. The summed E-state index contributed by atoms with van der Waals surface area (Å²) >= 11 is 0. The Hall–Kier alpha value is -1.67. The Labute approximate surface area is 131 Å². The highest BCUT2D eigenvalue weighted by atomic mass is 32.2. The van der Waals surface area contributed by atoms with E-state index in [1.807, 2.05) is 31.5 Å². The number of sulfonamides is 1. The molecule has 8 heteroatoms. The Kier molecular flexibility index (Phi) is 4.72. The quantitative estimate of drug-likeness (QED) is 0.872. The van der Waals surface area contributed by atoms with Gasteiger partial charge in [0, 0.05) is 19.3 Å². The molecule has 0 saturated carbocycles. The Morgan fingerprint density at radius 2 is 2.00 bits per heavy atom. The minimum atomic E-state index is -3.52. The fourth-order valence-electron chi connectivity index (χ4n) is 2.44. The van der Waals surface area contributed by atoms with Crippen molar-refractivity contribution in [3.63, 3.8) is 0 Å². The summed E-state index contributed by atoms with van der Waals surface area (Å²) in [6, 6.07) is 2.14. The van der Waals surface area contributed by atoms with E-state index in [0.29, 0.717) is 18.7 Å². The van der Waals surface area contributed by atoms with Crippen LogP contribution in [0, 0.1) is 20.8 Å². The van der Waals surface area contributed by atoms with E-state index in [2.05, 4.69) is 14.9 Å². The largest absolute Gasteiger partial charge is 0.272 e. The van der Waals surface area contributed by atoms with Crippen molar-refractivity contribution in [1.29, 1.82) is 0 Å². The molecular formula is C14H23N5O2S. The van der Waals surface area contributed by atoms with Crippen LogP contribution < -0.4 is 4.72 Å². The zero-order valence-corrected chi connectivity index (χ0v) is 14.5. The highest BCUT2D eigenvalue weighted by molar-refractivity contribution is 7.89. The maximum absolute atomic E-state index is 12.3. The van der Waals surface area contributed by atoms with Gasteiger partial charge in [-0.25, -0.2) is 13.1 Å². The summed E-state index contributed by atoms with van der Waals surface area (Å²) in [5.41, 5.74) is 2.67. The molecule has 1 atom stereocenters. The van der Waals surface area contributed by atoms with E-state index in [0.717, 1.165) is 11.4 Å². The maximum Gasteiger partial charge on any atom is 0.243 e. The minimum absolute atomic E-state index is 0.131. The van der Waals surface area contributed by atoms with Crippen LogP contribution in [0.25, 0.3) is 0 Å². The molecule has 0 aliphatic rings. The van der Waals surface area contributed by atoms with Crippen molar-refractivity contribution in [2.75, 3.05) is 6.54 Å². The van der Waals surface area contributed by atoms with Crippen molar-refractivity contribution in [3.05, 3.63) is 29.3 Å². The minimum Gasteiger partial charge on any atom is -0.272 e. The first kappa shape index (κ1) is 16.7. The fraction of sp³-hybridized carbons (Fsp3) is 0.571. The van der Waals surface area contributed by atoms with E-state index in [4.69, 9.17) is 0 Å². The van der Waals surface area contributed by atoms with Crippen LogP contribution in [0.4, 0.5) is 0 Å². The van der Waals surface area contributed by atoms with Crippen LogP contribution in [-0.2, 0) is 17.1 Å². The number of rotatable bonds is 6. The van der Waals surface area contributed by atoms with Crippen LogP contribution in [0.15, 0.2) is 17.2 Å². The van der Waals surface area contributed by atoms with E-state index in [-0.39, 0.29) is 10.9 Å². The molecule has 7 nitrogen and oxygen atoms in total. The highest BCUT2D eigenvalue weighted by Gasteiger charge is 2.20. The molecule has 0 spiro atoms. The van der Waals surface area contributed by atoms with Gasteiger partial charge in [-0.05, 0) is 40.2 Å². The molecular weight excluding hydrogens is 302 g/mol. The van der Waals surface area contributed by atoms with Crippen molar-refractivity contribution in [2.45, 2.75) is 45.1 Å². The van der Waals surface area contributed by atoms with Crippen LogP contribution >= 0.6 is 0 Å². The molecule has 0 aromatic carbocycles. The zero-order chi connectivity index (χ0) is 16.5. The lowest BCUT2D eigenvalue weighted by Crippen LogP contribution is -2.27. The van der Waals surface area contributed by atoms with Gasteiger partial charge in [0.15, 0.2) is 0 Å². The molecule has 2 heterocycles. The Morgan fingerprint density at radius 3 is 2.50 bits per heavy atom. The average molecular weight is 325 g/mol. The van der Waals surface area contributed by atoms with Crippen molar-refractivity contribution in [1.82, 2.24) is 24.3 Å². The lowest BCUT2D eigenvalue weighted by molar-refractivity contribution is 0.446. The van der Waals surface area contributed by atoms with Crippen molar-refractivity contribution >= 4 is 10.0 Å². The van der Waals surface area contributed by atoms with E-state index in [9.17, 15) is 8.42 Å². The second kappa shape index (κ2) is 6.21. The van der Waals surface area contributed by atoms with Crippen LogP contribution in [-0.4, -0.2) is 34.5 Å². The molecule has 0 bridgehead atoms. The third kappa shape index (κ3) is 3.38. The summed E-state index contributed by atoms with van der Waals surface area (Å²) in [7, 11) is -1.79. The number of hydrogen-bond donors (Lipinski definition) is 1. The van der Waals surface area contributed by atoms with Gasteiger partial charge in [-0.15, -0.1) is 0 Å². The predicted molar refractivity (Wildman–Crippen MR) is 84.2 cm³/mol. The first-order valence-corrected chi connectivity index (χ1v) is 8.71. The fourth-order valence-corrected chi connectivity index (χ4v) is 3.69. The summed E-state index contributed by atoms with van der Waals surface area (Å²) in [5.74, 6) is 0. The van der Waals surface area contributed by atoms with Crippen LogP contribution in [0.3, 0.4) is 0 Å². The molecule has 0 radical (unpaired) electrons. The molecule has 2 aromatic heterocycles. The van der Waals surface area contributed by atoms with Gasteiger partial charge < -0.3 is 0 Å². The smallest absolute Gasteiger partial charge is 0.243 e. The summed E-state index contributed by atoms with van der Waals surface area (Å²) in [6.45, 7) is 8.07. The van der Waals surface area contributed by atoms with Crippen LogP contribution in [0.5, 0.6) is 0 Å². The molecule has 2 aromatic rings. The molecule has 0 aliphatic carbocycles. The summed E-state index contributed by atoms with van der Waals surface area (Å²) < 4.78 is 30.6. The van der Waals surface area contributed by atoms with Gasteiger partial charge in [-0.2, -0.15) is 10.2 Å². The zero-order valence-electron chi connectivity index (χ0n) is 13.7. The van der Waals surface area contributed by atoms with Gasteiger partial charge >= 0.3 is 0 Å². The Balaban J connectivity index is 1.98. The van der Waals surface area contributed by atoms with Crippen molar-refractivity contribution in [2.24, 2.45) is 7.05 Å². The van der Waals surface area contributed by atoms with E-state index in [1.165, 1.54) is 6.20 Å². The molecule has 1 unspecified atom stereocenters. The number of aryl methyl sites for hydroxylation is 3.